The minimum atomic E-state index is -0.991. The molecule has 0 radical (unpaired) electrons. The van der Waals surface area contributed by atoms with Crippen LogP contribution in [0.5, 0.6) is 0 Å². The van der Waals surface area contributed by atoms with Gasteiger partial charge >= 0.3 is 5.97 Å². The Hall–Kier alpha value is -2.41. The molecule has 108 valence electrons. The van der Waals surface area contributed by atoms with E-state index in [0.29, 0.717) is 17.1 Å². The highest BCUT2D eigenvalue weighted by molar-refractivity contribution is 7.11. The van der Waals surface area contributed by atoms with Crippen LogP contribution in [0.3, 0.4) is 0 Å². The first-order valence-corrected chi connectivity index (χ1v) is 7.17. The number of oxazole rings is 1. The van der Waals surface area contributed by atoms with Crippen molar-refractivity contribution in [2.75, 3.05) is 5.32 Å². The summed E-state index contributed by atoms with van der Waals surface area (Å²) in [5.41, 5.74) is 1.23. The maximum absolute atomic E-state index is 10.9. The second-order valence-corrected chi connectivity index (χ2v) is 5.95. The van der Waals surface area contributed by atoms with Crippen LogP contribution in [-0.2, 0) is 0 Å². The summed E-state index contributed by atoms with van der Waals surface area (Å²) in [6.07, 6.45) is 1.82. The number of hydrogen-bond donors (Lipinski definition) is 2. The maximum atomic E-state index is 10.9. The standard InChI is InChI=1S/C14H13N3O3S/c1-7-6-15-12(21-7)8(2)16-14-17-10-4-3-9(13(18)19)5-11(10)20-14/h3-6,8H,1-2H3,(H,16,17)(H,18,19). The number of rotatable bonds is 4. The summed E-state index contributed by atoms with van der Waals surface area (Å²) in [5, 5.41) is 13.0. The van der Waals surface area contributed by atoms with Crippen molar-refractivity contribution in [1.29, 1.82) is 0 Å². The average Bonchev–Trinajstić information content (AvgIpc) is 3.03. The summed E-state index contributed by atoms with van der Waals surface area (Å²) in [6.45, 7) is 3.97. The van der Waals surface area contributed by atoms with Gasteiger partial charge in [0.15, 0.2) is 5.58 Å². The predicted molar refractivity (Wildman–Crippen MR) is 79.9 cm³/mol. The largest absolute Gasteiger partial charge is 0.478 e. The third kappa shape index (κ3) is 2.73. The zero-order valence-corrected chi connectivity index (χ0v) is 12.3. The molecule has 2 N–H and O–H groups in total. The first kappa shape index (κ1) is 13.6. The van der Waals surface area contributed by atoms with E-state index in [9.17, 15) is 4.79 Å². The molecular formula is C14H13N3O3S. The minimum absolute atomic E-state index is 0.0318. The molecular weight excluding hydrogens is 290 g/mol. The van der Waals surface area contributed by atoms with Gasteiger partial charge in [-0.3, -0.25) is 0 Å². The van der Waals surface area contributed by atoms with Gasteiger partial charge in [0.25, 0.3) is 6.01 Å². The number of fused-ring (bicyclic) bond motifs is 1. The second kappa shape index (κ2) is 5.17. The fraction of sp³-hybridized carbons (Fsp3) is 0.214. The van der Waals surface area contributed by atoms with Gasteiger partial charge in [-0.25, -0.2) is 9.78 Å². The first-order chi connectivity index (χ1) is 10.0. The van der Waals surface area contributed by atoms with Crippen LogP contribution in [0.15, 0.2) is 28.8 Å². The number of aryl methyl sites for hydroxylation is 1. The lowest BCUT2D eigenvalue weighted by molar-refractivity contribution is 0.0697. The number of nitrogens with one attached hydrogen (secondary N) is 1. The molecule has 0 aliphatic heterocycles. The molecule has 0 bridgehead atoms. The molecule has 6 nitrogen and oxygen atoms in total. The molecule has 1 aromatic carbocycles. The van der Waals surface area contributed by atoms with Crippen molar-refractivity contribution in [2.45, 2.75) is 19.9 Å². The predicted octanol–water partition coefficient (Wildman–Crippen LogP) is 3.46. The Balaban J connectivity index is 1.85. The fourth-order valence-electron chi connectivity index (χ4n) is 1.94. The first-order valence-electron chi connectivity index (χ1n) is 6.35. The van der Waals surface area contributed by atoms with Crippen LogP contribution in [0, 0.1) is 6.92 Å². The van der Waals surface area contributed by atoms with Gasteiger partial charge in [-0.1, -0.05) is 0 Å². The summed E-state index contributed by atoms with van der Waals surface area (Å²) in [5.74, 6) is -0.991. The summed E-state index contributed by atoms with van der Waals surface area (Å²) in [6, 6.07) is 4.92. The van der Waals surface area contributed by atoms with Crippen LogP contribution in [0.2, 0.25) is 0 Å². The van der Waals surface area contributed by atoms with Gasteiger partial charge in [0.2, 0.25) is 0 Å². The van der Waals surface area contributed by atoms with Crippen molar-refractivity contribution < 1.29 is 14.3 Å². The Kier molecular flexibility index (Phi) is 3.34. The van der Waals surface area contributed by atoms with E-state index in [1.54, 1.807) is 17.4 Å². The molecule has 1 unspecified atom stereocenters. The molecule has 0 amide bonds. The lowest BCUT2D eigenvalue weighted by Crippen LogP contribution is -2.06. The van der Waals surface area contributed by atoms with Crippen molar-refractivity contribution in [3.05, 3.63) is 39.8 Å². The van der Waals surface area contributed by atoms with Crippen LogP contribution < -0.4 is 5.32 Å². The Bertz CT molecular complexity index is 809. The summed E-state index contributed by atoms with van der Waals surface area (Å²) in [7, 11) is 0. The minimum Gasteiger partial charge on any atom is -0.478 e. The number of thiazole rings is 1. The molecule has 0 aliphatic carbocycles. The molecule has 0 saturated carbocycles. The monoisotopic (exact) mass is 303 g/mol. The van der Waals surface area contributed by atoms with Gasteiger partial charge in [-0.15, -0.1) is 11.3 Å². The van der Waals surface area contributed by atoms with E-state index in [0.717, 1.165) is 9.88 Å². The number of anilines is 1. The highest BCUT2D eigenvalue weighted by Crippen LogP contribution is 2.25. The van der Waals surface area contributed by atoms with Gasteiger partial charge in [0.05, 0.1) is 11.6 Å². The number of benzene rings is 1. The zero-order valence-electron chi connectivity index (χ0n) is 11.5. The third-order valence-electron chi connectivity index (χ3n) is 2.98. The maximum Gasteiger partial charge on any atom is 0.335 e. The van der Waals surface area contributed by atoms with Gasteiger partial charge < -0.3 is 14.8 Å². The van der Waals surface area contributed by atoms with E-state index in [-0.39, 0.29) is 11.6 Å². The Labute approximate surface area is 124 Å². The summed E-state index contributed by atoms with van der Waals surface area (Å²) in [4.78, 5) is 20.7. The number of hydrogen-bond acceptors (Lipinski definition) is 6. The van der Waals surface area contributed by atoms with Crippen LogP contribution in [-0.4, -0.2) is 21.0 Å². The van der Waals surface area contributed by atoms with Crippen LogP contribution >= 0.6 is 11.3 Å². The molecule has 0 aliphatic rings. The van der Waals surface area contributed by atoms with E-state index >= 15 is 0 Å². The van der Waals surface area contributed by atoms with Crippen molar-refractivity contribution >= 4 is 34.4 Å². The third-order valence-corrected chi connectivity index (χ3v) is 4.08. The number of carbonyl (C=O) groups is 1. The van der Waals surface area contributed by atoms with E-state index in [1.807, 2.05) is 20.0 Å². The lowest BCUT2D eigenvalue weighted by Gasteiger charge is -2.07. The molecule has 0 spiro atoms. The smallest absolute Gasteiger partial charge is 0.335 e. The van der Waals surface area contributed by atoms with Crippen LogP contribution in [0.4, 0.5) is 6.01 Å². The van der Waals surface area contributed by atoms with Gasteiger partial charge in [0.1, 0.15) is 10.5 Å². The van der Waals surface area contributed by atoms with E-state index in [1.165, 1.54) is 12.1 Å². The SMILES string of the molecule is Cc1cnc(C(C)Nc2nc3ccc(C(=O)O)cc3o2)s1. The summed E-state index contributed by atoms with van der Waals surface area (Å²) >= 11 is 1.61. The number of carboxylic acid groups (broad SMARTS) is 1. The van der Waals surface area contributed by atoms with Crippen LogP contribution in [0.25, 0.3) is 11.1 Å². The number of aromatic nitrogens is 2. The topological polar surface area (TPSA) is 88.2 Å². The van der Waals surface area contributed by atoms with Crippen LogP contribution in [0.1, 0.15) is 33.2 Å². The quantitative estimate of drug-likeness (QED) is 0.767. The normalized spacial score (nSPS) is 12.5. The van der Waals surface area contributed by atoms with E-state index in [4.69, 9.17) is 9.52 Å². The number of aromatic carboxylic acids is 1. The Morgan fingerprint density at radius 2 is 2.29 bits per heavy atom. The van der Waals surface area contributed by atoms with Crippen molar-refractivity contribution in [3.63, 3.8) is 0 Å². The zero-order chi connectivity index (χ0) is 15.0. The van der Waals surface area contributed by atoms with Crippen molar-refractivity contribution in [1.82, 2.24) is 9.97 Å². The fourth-order valence-corrected chi connectivity index (χ4v) is 2.72. The molecule has 3 rings (SSSR count). The molecule has 2 aromatic heterocycles. The van der Waals surface area contributed by atoms with E-state index < -0.39 is 5.97 Å². The Morgan fingerprint density at radius 3 is 2.95 bits per heavy atom. The number of carboxylic acids is 1. The highest BCUT2D eigenvalue weighted by Gasteiger charge is 2.14. The second-order valence-electron chi connectivity index (χ2n) is 4.68. The van der Waals surface area contributed by atoms with Crippen molar-refractivity contribution in [3.8, 4) is 0 Å². The molecule has 0 fully saturated rings. The molecule has 21 heavy (non-hydrogen) atoms. The van der Waals surface area contributed by atoms with Gasteiger partial charge in [-0.2, -0.15) is 4.98 Å². The van der Waals surface area contributed by atoms with Gasteiger partial charge in [0, 0.05) is 11.1 Å². The number of nitrogens with zero attached hydrogens (tertiary/aromatic N) is 2. The average molecular weight is 303 g/mol. The molecule has 2 heterocycles. The highest BCUT2D eigenvalue weighted by atomic mass is 32.1. The molecule has 3 aromatic rings. The van der Waals surface area contributed by atoms with E-state index in [2.05, 4.69) is 15.3 Å². The van der Waals surface area contributed by atoms with Crippen molar-refractivity contribution in [2.24, 2.45) is 0 Å². The molecule has 7 heteroatoms. The lowest BCUT2D eigenvalue weighted by atomic mass is 10.2. The molecule has 1 atom stereocenters. The molecule has 0 saturated heterocycles. The van der Waals surface area contributed by atoms with Gasteiger partial charge in [-0.05, 0) is 32.0 Å². The summed E-state index contributed by atoms with van der Waals surface area (Å²) < 4.78 is 5.55. The Morgan fingerprint density at radius 1 is 1.48 bits per heavy atom.